The zero-order chi connectivity index (χ0) is 10.3. The van der Waals surface area contributed by atoms with E-state index in [1.165, 1.54) is 7.11 Å². The van der Waals surface area contributed by atoms with Crippen molar-refractivity contribution in [3.8, 4) is 0 Å². The summed E-state index contributed by atoms with van der Waals surface area (Å²) in [6.07, 6.45) is 3.08. The number of hydrogen-bond acceptors (Lipinski definition) is 3. The highest BCUT2D eigenvalue weighted by atomic mass is 16.5. The molecule has 0 aliphatic rings. The Hall–Kier alpha value is -1.12. The molecular weight excluding hydrogens is 168 g/mol. The van der Waals surface area contributed by atoms with Crippen LogP contribution in [0.1, 0.15) is 33.1 Å². The lowest BCUT2D eigenvalue weighted by Crippen LogP contribution is -2.03. The average Bonchev–Trinajstić information content (AvgIpc) is 2.15. The first-order chi connectivity index (χ1) is 6.11. The van der Waals surface area contributed by atoms with Crippen LogP contribution in [-0.4, -0.2) is 18.9 Å². The van der Waals surface area contributed by atoms with Crippen molar-refractivity contribution in [2.24, 2.45) is 0 Å². The highest BCUT2D eigenvalue weighted by Gasteiger charge is 2.05. The second kappa shape index (κ2) is 6.40. The normalized spacial score (nSPS) is 11.2. The summed E-state index contributed by atoms with van der Waals surface area (Å²) in [6, 6.07) is 0. The first-order valence-electron chi connectivity index (χ1n) is 4.34. The summed E-state index contributed by atoms with van der Waals surface area (Å²) in [4.78, 5) is 21.9. The molecule has 0 N–H and O–H groups in total. The molecule has 0 aromatic rings. The molecular formula is C10H16O3. The van der Waals surface area contributed by atoms with Crippen LogP contribution in [-0.2, 0) is 14.3 Å². The maximum absolute atomic E-state index is 11.2. The minimum atomic E-state index is -0.258. The third-order valence-corrected chi connectivity index (χ3v) is 1.89. The fraction of sp³-hybridized carbons (Fsp3) is 0.600. The van der Waals surface area contributed by atoms with Crippen molar-refractivity contribution in [2.75, 3.05) is 7.11 Å². The van der Waals surface area contributed by atoms with Crippen LogP contribution in [0.4, 0.5) is 0 Å². The predicted octanol–water partition coefficient (Wildman–Crippen LogP) is 1.86. The zero-order valence-electron chi connectivity index (χ0n) is 8.42. The van der Waals surface area contributed by atoms with Crippen LogP contribution in [0.25, 0.3) is 0 Å². The number of carbonyl (C=O) groups is 2. The molecule has 0 fully saturated rings. The summed E-state index contributed by atoms with van der Waals surface area (Å²) in [5, 5.41) is 0. The van der Waals surface area contributed by atoms with Gasteiger partial charge in [-0.3, -0.25) is 9.59 Å². The summed E-state index contributed by atoms with van der Waals surface area (Å²) < 4.78 is 4.45. The van der Waals surface area contributed by atoms with Crippen molar-refractivity contribution in [1.29, 1.82) is 0 Å². The van der Waals surface area contributed by atoms with Crippen LogP contribution < -0.4 is 0 Å². The average molecular weight is 184 g/mol. The molecule has 0 atom stereocenters. The van der Waals surface area contributed by atoms with E-state index >= 15 is 0 Å². The van der Waals surface area contributed by atoms with Gasteiger partial charge in [0, 0.05) is 12.8 Å². The van der Waals surface area contributed by atoms with Crippen molar-refractivity contribution >= 4 is 11.8 Å². The van der Waals surface area contributed by atoms with E-state index in [0.29, 0.717) is 19.3 Å². The molecule has 3 nitrogen and oxygen atoms in total. The number of esters is 1. The molecule has 0 aliphatic carbocycles. The van der Waals surface area contributed by atoms with Crippen LogP contribution in [0.2, 0.25) is 0 Å². The number of carbonyl (C=O) groups excluding carboxylic acids is 2. The van der Waals surface area contributed by atoms with Crippen molar-refractivity contribution in [2.45, 2.75) is 33.1 Å². The van der Waals surface area contributed by atoms with Gasteiger partial charge in [0.25, 0.3) is 0 Å². The third kappa shape index (κ3) is 5.17. The molecule has 0 aromatic carbocycles. The van der Waals surface area contributed by atoms with Gasteiger partial charge in [-0.15, -0.1) is 0 Å². The first-order valence-corrected chi connectivity index (χ1v) is 4.34. The van der Waals surface area contributed by atoms with E-state index in [4.69, 9.17) is 0 Å². The fourth-order valence-electron chi connectivity index (χ4n) is 0.854. The summed E-state index contributed by atoms with van der Waals surface area (Å²) in [5.41, 5.74) is 0.755. The van der Waals surface area contributed by atoms with Gasteiger partial charge in [0.1, 0.15) is 0 Å². The molecule has 0 unspecified atom stereocenters. The first kappa shape index (κ1) is 11.9. The lowest BCUT2D eigenvalue weighted by Gasteiger charge is -1.99. The Labute approximate surface area is 78.8 Å². The molecule has 0 bridgehead atoms. The van der Waals surface area contributed by atoms with Crippen LogP contribution in [0, 0.1) is 0 Å². The molecule has 3 heteroatoms. The number of hydrogen-bond donors (Lipinski definition) is 0. The number of ketones is 1. The fourth-order valence-corrected chi connectivity index (χ4v) is 0.854. The Morgan fingerprint density at radius 2 is 1.92 bits per heavy atom. The molecule has 13 heavy (non-hydrogen) atoms. The lowest BCUT2D eigenvalue weighted by molar-refractivity contribution is -0.140. The summed E-state index contributed by atoms with van der Waals surface area (Å²) in [7, 11) is 1.35. The van der Waals surface area contributed by atoms with Gasteiger partial charge in [-0.25, -0.2) is 0 Å². The third-order valence-electron chi connectivity index (χ3n) is 1.89. The molecule has 0 heterocycles. The monoisotopic (exact) mass is 184 g/mol. The Kier molecular flexibility index (Phi) is 5.85. The molecule has 0 aliphatic heterocycles. The number of methoxy groups -OCH3 is 1. The Morgan fingerprint density at radius 3 is 2.38 bits per heavy atom. The van der Waals surface area contributed by atoms with Gasteiger partial charge in [0.2, 0.25) is 0 Å². The summed E-state index contributed by atoms with van der Waals surface area (Å²) in [6.45, 7) is 3.61. The minimum Gasteiger partial charge on any atom is -0.469 e. The molecule has 0 rings (SSSR count). The number of allylic oxidation sites excluding steroid dienone is 2. The van der Waals surface area contributed by atoms with Crippen molar-refractivity contribution in [3.63, 3.8) is 0 Å². The molecule has 0 saturated carbocycles. The Morgan fingerprint density at radius 1 is 1.31 bits per heavy atom. The van der Waals surface area contributed by atoms with E-state index in [9.17, 15) is 9.59 Å². The predicted molar refractivity (Wildman–Crippen MR) is 50.3 cm³/mol. The van der Waals surface area contributed by atoms with Gasteiger partial charge >= 0.3 is 5.97 Å². The van der Waals surface area contributed by atoms with Crippen LogP contribution in [0.3, 0.4) is 0 Å². The number of Topliss-reactive ketones (excluding diaryl/α,β-unsaturated/α-hetero) is 1. The molecule has 0 saturated heterocycles. The topological polar surface area (TPSA) is 43.4 Å². The van der Waals surface area contributed by atoms with E-state index in [2.05, 4.69) is 4.74 Å². The van der Waals surface area contributed by atoms with Crippen molar-refractivity contribution in [1.82, 2.24) is 0 Å². The summed E-state index contributed by atoms with van der Waals surface area (Å²) in [5.74, 6) is -0.155. The molecule has 0 radical (unpaired) electrons. The van der Waals surface area contributed by atoms with E-state index in [1.807, 2.05) is 6.92 Å². The lowest BCUT2D eigenvalue weighted by atomic mass is 10.1. The second-order valence-electron chi connectivity index (χ2n) is 2.82. The summed E-state index contributed by atoms with van der Waals surface area (Å²) >= 11 is 0. The molecule has 0 aromatic heterocycles. The second-order valence-corrected chi connectivity index (χ2v) is 2.82. The van der Waals surface area contributed by atoms with Crippen molar-refractivity contribution < 1.29 is 14.3 Å². The quantitative estimate of drug-likeness (QED) is 0.484. The molecule has 0 spiro atoms. The Balaban J connectivity index is 3.66. The highest BCUT2D eigenvalue weighted by molar-refractivity contribution is 5.94. The van der Waals surface area contributed by atoms with E-state index in [-0.39, 0.29) is 11.8 Å². The Bertz CT molecular complexity index is 216. The number of ether oxygens (including phenoxy) is 1. The SMILES string of the molecule is C/C=C(\C)C(=O)CCCC(=O)OC. The standard InChI is InChI=1S/C10H16O3/c1-4-8(2)9(11)6-5-7-10(12)13-3/h4H,5-7H2,1-3H3/b8-4+. The van der Waals surface area contributed by atoms with Gasteiger partial charge in [-0.05, 0) is 25.8 Å². The van der Waals surface area contributed by atoms with E-state index in [1.54, 1.807) is 13.0 Å². The maximum atomic E-state index is 11.2. The van der Waals surface area contributed by atoms with Gasteiger partial charge in [0.15, 0.2) is 5.78 Å². The van der Waals surface area contributed by atoms with Crippen LogP contribution >= 0.6 is 0 Å². The molecule has 74 valence electrons. The van der Waals surface area contributed by atoms with Crippen molar-refractivity contribution in [3.05, 3.63) is 11.6 Å². The van der Waals surface area contributed by atoms with Gasteiger partial charge in [0.05, 0.1) is 7.11 Å². The smallest absolute Gasteiger partial charge is 0.305 e. The van der Waals surface area contributed by atoms with E-state index < -0.39 is 0 Å². The van der Waals surface area contributed by atoms with Crippen LogP contribution in [0.15, 0.2) is 11.6 Å². The highest BCUT2D eigenvalue weighted by Crippen LogP contribution is 2.04. The minimum absolute atomic E-state index is 0.103. The zero-order valence-corrected chi connectivity index (χ0v) is 8.42. The largest absolute Gasteiger partial charge is 0.469 e. The van der Waals surface area contributed by atoms with Crippen LogP contribution in [0.5, 0.6) is 0 Å². The van der Waals surface area contributed by atoms with E-state index in [0.717, 1.165) is 5.57 Å². The van der Waals surface area contributed by atoms with Gasteiger partial charge < -0.3 is 4.74 Å². The number of rotatable bonds is 5. The van der Waals surface area contributed by atoms with Gasteiger partial charge in [-0.2, -0.15) is 0 Å². The van der Waals surface area contributed by atoms with Gasteiger partial charge in [-0.1, -0.05) is 6.08 Å². The maximum Gasteiger partial charge on any atom is 0.305 e. The molecule has 0 amide bonds.